The molecule has 3 heterocycles. The lowest BCUT2D eigenvalue weighted by Crippen LogP contribution is -2.54. The van der Waals surface area contributed by atoms with Gasteiger partial charge in [0.25, 0.3) is 0 Å². The number of hydrogen-bond acceptors (Lipinski definition) is 7. The molecule has 0 radical (unpaired) electrons. The Labute approximate surface area is 244 Å². The average molecular weight is 593 g/mol. The van der Waals surface area contributed by atoms with Crippen LogP contribution in [0.15, 0.2) is 36.1 Å². The van der Waals surface area contributed by atoms with Crippen LogP contribution in [0.5, 0.6) is 6.01 Å². The van der Waals surface area contributed by atoms with Gasteiger partial charge in [-0.3, -0.25) is 4.79 Å². The van der Waals surface area contributed by atoms with Crippen LogP contribution < -0.4 is 15.4 Å². The summed E-state index contributed by atoms with van der Waals surface area (Å²) in [5, 5.41) is 0. The maximum Gasteiger partial charge on any atom is 0.413 e. The van der Waals surface area contributed by atoms with E-state index in [1.54, 1.807) is 4.90 Å². The molecule has 8 nitrogen and oxygen atoms in total. The predicted molar refractivity (Wildman–Crippen MR) is 152 cm³/mol. The third-order valence-electron chi connectivity index (χ3n) is 9.44. The smallest absolute Gasteiger partial charge is 0.413 e. The summed E-state index contributed by atoms with van der Waals surface area (Å²) in [5.74, 6) is -1.87. The van der Waals surface area contributed by atoms with Gasteiger partial charge in [-0.05, 0) is 70.2 Å². The summed E-state index contributed by atoms with van der Waals surface area (Å²) >= 11 is 0. The Morgan fingerprint density at radius 1 is 1.19 bits per heavy atom. The zero-order chi connectivity index (χ0) is 30.3. The molecule has 2 N–H and O–H groups in total. The quantitative estimate of drug-likeness (QED) is 0.397. The molecule has 2 aliphatic carbocycles. The Kier molecular flexibility index (Phi) is 8.55. The molecule has 230 valence electrons. The second-order valence-corrected chi connectivity index (χ2v) is 12.1. The number of halogens is 4. The van der Waals surface area contributed by atoms with Gasteiger partial charge in [0.2, 0.25) is 5.91 Å². The number of likely N-dealkylation sites (N-methyl/N-ethyl adjacent to an activating group) is 1. The normalized spacial score (nSPS) is 30.5. The monoisotopic (exact) mass is 592 g/mol. The number of nitrogens with zero attached hydrogens (tertiary/aromatic N) is 5. The second kappa shape index (κ2) is 11.9. The maximum atomic E-state index is 15.5. The number of piperazine rings is 1. The molecule has 0 aromatic carbocycles. The van der Waals surface area contributed by atoms with Crippen molar-refractivity contribution in [2.24, 2.45) is 23.5 Å². The van der Waals surface area contributed by atoms with Gasteiger partial charge in [-0.25, -0.2) is 4.39 Å². The lowest BCUT2D eigenvalue weighted by atomic mass is 9.67. The van der Waals surface area contributed by atoms with Crippen molar-refractivity contribution < 1.29 is 27.1 Å². The van der Waals surface area contributed by atoms with Gasteiger partial charge in [-0.2, -0.15) is 23.1 Å². The fourth-order valence-electron chi connectivity index (χ4n) is 7.00. The third kappa shape index (κ3) is 5.87. The highest BCUT2D eigenvalue weighted by Gasteiger charge is 2.50. The number of anilines is 1. The number of allylic oxidation sites excluding steroid dienone is 4. The molecule has 1 aromatic heterocycles. The molecule has 0 bridgehead atoms. The van der Waals surface area contributed by atoms with Gasteiger partial charge in [-0.1, -0.05) is 19.6 Å². The summed E-state index contributed by atoms with van der Waals surface area (Å²) in [6.07, 6.45) is -0.780. The van der Waals surface area contributed by atoms with E-state index in [1.165, 1.54) is 6.08 Å². The molecule has 0 spiro atoms. The van der Waals surface area contributed by atoms with E-state index in [2.05, 4.69) is 16.4 Å². The zero-order valence-corrected chi connectivity index (χ0v) is 24.4. The summed E-state index contributed by atoms with van der Waals surface area (Å²) in [6, 6.07) is 0.305. The Balaban J connectivity index is 1.49. The van der Waals surface area contributed by atoms with Crippen LogP contribution in [0.2, 0.25) is 0 Å². The van der Waals surface area contributed by atoms with Crippen molar-refractivity contribution in [3.8, 4) is 6.01 Å². The Bertz CT molecular complexity index is 1270. The standard InChI is InChI=1S/C30H40F4N6O2/c1-5-25(41)39-11-12-40(18(3)15-39)28-21-13-17(2)20(26-22(30(32,33)34)8-9-23(35)27(26)31)14-24(21)36-29(37-28)42-16-19-7-6-10-38(19)4/h5,8-9,17-20,26-27H,1,6-7,10-16,35H2,2-4H3/t17-,18+,19+,20-,26?,27?/m1/s1. The predicted octanol–water partition coefficient (Wildman–Crippen LogP) is 3.82. The van der Waals surface area contributed by atoms with Crippen molar-refractivity contribution in [2.45, 2.75) is 64.0 Å². The lowest BCUT2D eigenvalue weighted by Gasteiger charge is -2.43. The Morgan fingerprint density at radius 3 is 2.60 bits per heavy atom. The number of aromatic nitrogens is 2. The average Bonchev–Trinajstić information content (AvgIpc) is 3.36. The van der Waals surface area contributed by atoms with Gasteiger partial charge < -0.3 is 25.2 Å². The van der Waals surface area contributed by atoms with Crippen LogP contribution in [0, 0.1) is 17.8 Å². The molecule has 0 saturated carbocycles. The molecular weight excluding hydrogens is 552 g/mol. The van der Waals surface area contributed by atoms with Gasteiger partial charge >= 0.3 is 12.2 Å². The molecule has 2 unspecified atom stereocenters. The van der Waals surface area contributed by atoms with Crippen LogP contribution in [0.25, 0.3) is 0 Å². The first kappa shape index (κ1) is 30.3. The van der Waals surface area contributed by atoms with Crippen LogP contribution in [0.4, 0.5) is 23.4 Å². The van der Waals surface area contributed by atoms with Crippen LogP contribution in [0.3, 0.4) is 0 Å². The van der Waals surface area contributed by atoms with Gasteiger partial charge in [-0.15, -0.1) is 0 Å². The number of carbonyl (C=O) groups excluding carboxylic acids is 1. The molecule has 2 saturated heterocycles. The second-order valence-electron chi connectivity index (χ2n) is 12.1. The highest BCUT2D eigenvalue weighted by molar-refractivity contribution is 5.87. The highest BCUT2D eigenvalue weighted by Crippen LogP contribution is 2.48. The summed E-state index contributed by atoms with van der Waals surface area (Å²) in [7, 11) is 2.04. The van der Waals surface area contributed by atoms with Gasteiger partial charge in [0, 0.05) is 54.5 Å². The summed E-state index contributed by atoms with van der Waals surface area (Å²) in [5.41, 5.74) is 6.15. The fourth-order valence-corrected chi connectivity index (χ4v) is 7.00. The molecule has 42 heavy (non-hydrogen) atoms. The number of ether oxygens (including phenoxy) is 1. The van der Waals surface area contributed by atoms with Crippen LogP contribution in [0.1, 0.15) is 37.9 Å². The number of carbonyl (C=O) groups is 1. The van der Waals surface area contributed by atoms with Crippen molar-refractivity contribution in [2.75, 3.05) is 44.7 Å². The van der Waals surface area contributed by atoms with Crippen LogP contribution in [-0.4, -0.2) is 89.9 Å². The molecule has 1 amide bonds. The lowest BCUT2D eigenvalue weighted by molar-refractivity contribution is -0.126. The third-order valence-corrected chi connectivity index (χ3v) is 9.44. The zero-order valence-electron chi connectivity index (χ0n) is 24.4. The highest BCUT2D eigenvalue weighted by atomic mass is 19.4. The van der Waals surface area contributed by atoms with Gasteiger partial charge in [0.15, 0.2) is 0 Å². The van der Waals surface area contributed by atoms with E-state index in [0.717, 1.165) is 37.1 Å². The van der Waals surface area contributed by atoms with E-state index < -0.39 is 29.8 Å². The van der Waals surface area contributed by atoms with E-state index in [4.69, 9.17) is 20.4 Å². The van der Waals surface area contributed by atoms with Crippen molar-refractivity contribution in [3.05, 3.63) is 47.3 Å². The van der Waals surface area contributed by atoms with E-state index in [1.807, 2.05) is 20.9 Å². The van der Waals surface area contributed by atoms with Crippen LogP contribution >= 0.6 is 0 Å². The van der Waals surface area contributed by atoms with Crippen molar-refractivity contribution in [3.63, 3.8) is 0 Å². The first-order chi connectivity index (χ1) is 19.9. The first-order valence-electron chi connectivity index (χ1n) is 14.7. The SMILES string of the molecule is C=CC(=O)N1CCN(c2nc(OC[C@@H]3CCCN3C)nc3c2C[C@@H](C)[C@H](C2C(C(F)(F)F)=CC=C(N)C2F)C3)[C@@H](C)C1. The minimum Gasteiger partial charge on any atom is -0.462 e. The van der Waals surface area contributed by atoms with Gasteiger partial charge in [0.05, 0.1) is 5.69 Å². The molecule has 2 aliphatic heterocycles. The molecular formula is C30H40F4N6O2. The minimum atomic E-state index is -4.68. The van der Waals surface area contributed by atoms with Crippen molar-refractivity contribution >= 4 is 11.7 Å². The van der Waals surface area contributed by atoms with E-state index >= 15 is 4.39 Å². The van der Waals surface area contributed by atoms with Crippen molar-refractivity contribution in [1.82, 2.24) is 19.8 Å². The number of fused-ring (bicyclic) bond motifs is 1. The Hall–Kier alpha value is -3.15. The number of alkyl halides is 4. The number of hydrogen-bond donors (Lipinski definition) is 1. The number of nitrogens with two attached hydrogens (primary N) is 1. The molecule has 4 aliphatic rings. The number of amides is 1. The van der Waals surface area contributed by atoms with Crippen LogP contribution in [-0.2, 0) is 17.6 Å². The van der Waals surface area contributed by atoms with Crippen molar-refractivity contribution in [1.29, 1.82) is 0 Å². The summed E-state index contributed by atoms with van der Waals surface area (Å²) in [4.78, 5) is 27.9. The number of rotatable bonds is 6. The molecule has 12 heteroatoms. The molecule has 5 rings (SSSR count). The summed E-state index contributed by atoms with van der Waals surface area (Å²) < 4.78 is 63.8. The number of likely N-dealkylation sites (tertiary alicyclic amines) is 1. The molecule has 6 atom stereocenters. The topological polar surface area (TPSA) is 87.8 Å². The fraction of sp³-hybridized carbons (Fsp3) is 0.633. The van der Waals surface area contributed by atoms with E-state index in [9.17, 15) is 18.0 Å². The maximum absolute atomic E-state index is 15.5. The van der Waals surface area contributed by atoms with E-state index in [-0.39, 0.29) is 42.0 Å². The van der Waals surface area contributed by atoms with E-state index in [0.29, 0.717) is 44.2 Å². The largest absolute Gasteiger partial charge is 0.462 e. The van der Waals surface area contributed by atoms with Gasteiger partial charge in [0.1, 0.15) is 18.6 Å². The molecule has 1 aromatic rings. The molecule has 2 fully saturated rings. The summed E-state index contributed by atoms with van der Waals surface area (Å²) in [6.45, 7) is 10.3. The first-order valence-corrected chi connectivity index (χ1v) is 14.7. The Morgan fingerprint density at radius 2 is 1.95 bits per heavy atom. The minimum absolute atomic E-state index is 0.0817.